The van der Waals surface area contributed by atoms with Gasteiger partial charge < -0.3 is 19.5 Å². The number of amides is 2. The highest BCUT2D eigenvalue weighted by atomic mass is 16.5. The molecule has 33 heavy (non-hydrogen) atoms. The number of carbonyl (C=O) groups is 1. The van der Waals surface area contributed by atoms with Crippen LogP contribution in [0, 0.1) is 0 Å². The summed E-state index contributed by atoms with van der Waals surface area (Å²) in [6.07, 6.45) is 1.54. The number of hydrogen-bond acceptors (Lipinski definition) is 5. The molecule has 0 atom stereocenters. The molecule has 1 aliphatic rings. The van der Waals surface area contributed by atoms with Crippen LogP contribution >= 0.6 is 0 Å². The van der Waals surface area contributed by atoms with Crippen LogP contribution < -0.4 is 10.1 Å². The summed E-state index contributed by atoms with van der Waals surface area (Å²) in [4.78, 5) is 19.3. The van der Waals surface area contributed by atoms with E-state index in [1.807, 2.05) is 89.8 Å². The van der Waals surface area contributed by atoms with Gasteiger partial charge in [-0.1, -0.05) is 65.8 Å². The minimum Gasteiger partial charge on any atom is -0.455 e. The lowest BCUT2D eigenvalue weighted by Crippen LogP contribution is -2.40. The standard InChI is InChI=1S/C26H24N4O3/c31-26(27-22-13-7-8-14-23(22)32-21-11-5-2-6-12-21)30-17-15-20(16-18-30)25-28-24(29-33-25)19-9-3-1-4-10-19/h1-14,20H,15-18H2,(H,27,31). The zero-order valence-corrected chi connectivity index (χ0v) is 18.1. The smallest absolute Gasteiger partial charge is 0.321 e. The Kier molecular flexibility index (Phi) is 6.01. The molecule has 1 aromatic heterocycles. The van der Waals surface area contributed by atoms with E-state index < -0.39 is 0 Å². The number of ether oxygens (including phenoxy) is 1. The Bertz CT molecular complexity index is 1200. The van der Waals surface area contributed by atoms with Crippen LogP contribution in [0.1, 0.15) is 24.7 Å². The van der Waals surface area contributed by atoms with Crippen molar-refractivity contribution in [1.29, 1.82) is 0 Å². The molecule has 5 rings (SSSR count). The third-order valence-electron chi connectivity index (χ3n) is 5.70. The number of aromatic nitrogens is 2. The predicted molar refractivity (Wildman–Crippen MR) is 125 cm³/mol. The van der Waals surface area contributed by atoms with E-state index in [9.17, 15) is 4.79 Å². The Balaban J connectivity index is 1.19. The largest absolute Gasteiger partial charge is 0.455 e. The van der Waals surface area contributed by atoms with Crippen molar-refractivity contribution < 1.29 is 14.1 Å². The van der Waals surface area contributed by atoms with Gasteiger partial charge >= 0.3 is 6.03 Å². The van der Waals surface area contributed by atoms with Crippen molar-refractivity contribution in [3.8, 4) is 22.9 Å². The van der Waals surface area contributed by atoms with Crippen molar-refractivity contribution in [2.75, 3.05) is 18.4 Å². The van der Waals surface area contributed by atoms with Gasteiger partial charge in [0.05, 0.1) is 5.69 Å². The summed E-state index contributed by atoms with van der Waals surface area (Å²) in [6, 6.07) is 26.6. The van der Waals surface area contributed by atoms with Gasteiger partial charge in [-0.25, -0.2) is 4.79 Å². The number of hydrogen-bond donors (Lipinski definition) is 1. The van der Waals surface area contributed by atoms with E-state index in [4.69, 9.17) is 9.26 Å². The summed E-state index contributed by atoms with van der Waals surface area (Å²) in [6.45, 7) is 1.22. The van der Waals surface area contributed by atoms with E-state index in [1.54, 1.807) is 0 Å². The predicted octanol–water partition coefficient (Wildman–Crippen LogP) is 5.94. The Hall–Kier alpha value is -4.13. The molecule has 2 heterocycles. The van der Waals surface area contributed by atoms with Crippen molar-refractivity contribution in [1.82, 2.24) is 15.0 Å². The fraction of sp³-hybridized carbons (Fsp3) is 0.192. The molecule has 1 fully saturated rings. The van der Waals surface area contributed by atoms with Crippen LogP contribution in [0.15, 0.2) is 89.5 Å². The number of anilines is 1. The minimum atomic E-state index is -0.145. The fourth-order valence-corrected chi connectivity index (χ4v) is 3.90. The highest BCUT2D eigenvalue weighted by molar-refractivity contribution is 5.91. The van der Waals surface area contributed by atoms with Gasteiger partial charge in [-0.05, 0) is 37.1 Å². The molecular weight excluding hydrogens is 416 g/mol. The molecule has 1 aliphatic heterocycles. The Morgan fingerprint density at radius 1 is 0.909 bits per heavy atom. The number of likely N-dealkylation sites (tertiary alicyclic amines) is 1. The summed E-state index contributed by atoms with van der Waals surface area (Å²) < 4.78 is 11.5. The first-order valence-electron chi connectivity index (χ1n) is 11.0. The number of nitrogens with zero attached hydrogens (tertiary/aromatic N) is 3. The summed E-state index contributed by atoms with van der Waals surface area (Å²) in [5, 5.41) is 7.11. The average molecular weight is 441 g/mol. The number of para-hydroxylation sites is 3. The second kappa shape index (κ2) is 9.56. The van der Waals surface area contributed by atoms with Crippen molar-refractivity contribution in [2.24, 2.45) is 0 Å². The van der Waals surface area contributed by atoms with Gasteiger partial charge in [0.25, 0.3) is 0 Å². The van der Waals surface area contributed by atoms with Crippen molar-refractivity contribution in [3.05, 3.63) is 90.8 Å². The summed E-state index contributed by atoms with van der Waals surface area (Å²) >= 11 is 0. The van der Waals surface area contributed by atoms with Crippen molar-refractivity contribution >= 4 is 11.7 Å². The Labute approximate surface area is 192 Å². The number of urea groups is 1. The van der Waals surface area contributed by atoms with E-state index in [2.05, 4.69) is 15.5 Å². The lowest BCUT2D eigenvalue weighted by atomic mass is 9.97. The average Bonchev–Trinajstić information content (AvgIpc) is 3.37. The van der Waals surface area contributed by atoms with Crippen LogP contribution in [0.25, 0.3) is 11.4 Å². The van der Waals surface area contributed by atoms with Gasteiger partial charge in [-0.2, -0.15) is 4.98 Å². The van der Waals surface area contributed by atoms with Gasteiger partial charge in [0, 0.05) is 24.6 Å². The van der Waals surface area contributed by atoms with E-state index in [-0.39, 0.29) is 11.9 Å². The fourth-order valence-electron chi connectivity index (χ4n) is 3.90. The maximum atomic E-state index is 12.9. The maximum absolute atomic E-state index is 12.9. The highest BCUT2D eigenvalue weighted by Gasteiger charge is 2.28. The Morgan fingerprint density at radius 2 is 1.58 bits per heavy atom. The molecule has 0 radical (unpaired) electrons. The second-order valence-electron chi connectivity index (χ2n) is 7.92. The van der Waals surface area contributed by atoms with Crippen molar-refractivity contribution in [2.45, 2.75) is 18.8 Å². The van der Waals surface area contributed by atoms with Gasteiger partial charge in [-0.3, -0.25) is 0 Å². The molecule has 166 valence electrons. The lowest BCUT2D eigenvalue weighted by molar-refractivity contribution is 0.187. The van der Waals surface area contributed by atoms with Crippen LogP contribution in [-0.4, -0.2) is 34.2 Å². The molecule has 0 spiro atoms. The normalized spacial score (nSPS) is 14.1. The molecule has 7 heteroatoms. The molecule has 7 nitrogen and oxygen atoms in total. The first kappa shape index (κ1) is 20.8. The second-order valence-corrected chi connectivity index (χ2v) is 7.92. The Morgan fingerprint density at radius 3 is 2.33 bits per heavy atom. The van der Waals surface area contributed by atoms with Crippen LogP contribution in [0.2, 0.25) is 0 Å². The summed E-state index contributed by atoms with van der Waals surface area (Å²) in [5.41, 5.74) is 1.57. The van der Waals surface area contributed by atoms with E-state index in [0.717, 1.165) is 24.2 Å². The molecule has 2 amide bonds. The van der Waals surface area contributed by atoms with Crippen molar-refractivity contribution in [3.63, 3.8) is 0 Å². The lowest BCUT2D eigenvalue weighted by Gasteiger charge is -2.30. The van der Waals surface area contributed by atoms with Crippen LogP contribution in [0.3, 0.4) is 0 Å². The number of nitrogens with one attached hydrogen (secondary N) is 1. The van der Waals surface area contributed by atoms with Crippen LogP contribution in [-0.2, 0) is 0 Å². The zero-order valence-electron chi connectivity index (χ0n) is 18.1. The number of piperidine rings is 1. The highest BCUT2D eigenvalue weighted by Crippen LogP contribution is 2.31. The summed E-state index contributed by atoms with van der Waals surface area (Å²) in [5.74, 6) is 2.70. The molecular formula is C26H24N4O3. The molecule has 1 saturated heterocycles. The third kappa shape index (κ3) is 4.87. The van der Waals surface area contributed by atoms with Crippen LogP contribution in [0.5, 0.6) is 11.5 Å². The first-order valence-corrected chi connectivity index (χ1v) is 11.0. The van der Waals surface area contributed by atoms with E-state index in [1.165, 1.54) is 0 Å². The van der Waals surface area contributed by atoms with Gasteiger partial charge in [0.15, 0.2) is 5.75 Å². The molecule has 0 unspecified atom stereocenters. The molecule has 3 aromatic carbocycles. The number of carbonyl (C=O) groups excluding carboxylic acids is 1. The monoisotopic (exact) mass is 440 g/mol. The van der Waals surface area contributed by atoms with Gasteiger partial charge in [-0.15, -0.1) is 0 Å². The first-order chi connectivity index (χ1) is 16.3. The molecule has 4 aromatic rings. The quantitative estimate of drug-likeness (QED) is 0.415. The van der Waals surface area contributed by atoms with Crippen LogP contribution in [0.4, 0.5) is 10.5 Å². The maximum Gasteiger partial charge on any atom is 0.321 e. The molecule has 0 bridgehead atoms. The number of rotatable bonds is 5. The van der Waals surface area contributed by atoms with E-state index in [0.29, 0.717) is 36.2 Å². The molecule has 1 N–H and O–H groups in total. The van der Waals surface area contributed by atoms with E-state index >= 15 is 0 Å². The van der Waals surface area contributed by atoms with Gasteiger partial charge in [0.2, 0.25) is 11.7 Å². The topological polar surface area (TPSA) is 80.5 Å². The minimum absolute atomic E-state index is 0.145. The SMILES string of the molecule is O=C(Nc1ccccc1Oc1ccccc1)N1CCC(c2nc(-c3ccccc3)no2)CC1. The molecule has 0 saturated carbocycles. The zero-order chi connectivity index (χ0) is 22.5. The summed E-state index contributed by atoms with van der Waals surface area (Å²) in [7, 11) is 0. The van der Waals surface area contributed by atoms with Gasteiger partial charge in [0.1, 0.15) is 5.75 Å². The third-order valence-corrected chi connectivity index (χ3v) is 5.70. The molecule has 0 aliphatic carbocycles. The number of benzene rings is 3.